The molecule has 0 aliphatic rings. The Labute approximate surface area is 172 Å². The summed E-state index contributed by atoms with van der Waals surface area (Å²) in [6.45, 7) is 11.4. The highest BCUT2D eigenvalue weighted by atomic mass is 15.3. The van der Waals surface area contributed by atoms with Crippen LogP contribution in [0.15, 0.2) is 47.7 Å². The third-order valence-corrected chi connectivity index (χ3v) is 4.60. The molecule has 0 saturated carbocycles. The third-order valence-electron chi connectivity index (χ3n) is 4.60. The van der Waals surface area contributed by atoms with Crippen LogP contribution in [0.25, 0.3) is 5.69 Å². The predicted octanol–water partition coefficient (Wildman–Crippen LogP) is 3.14. The molecular weight excluding hydrogens is 362 g/mol. The SMILES string of the molecule is CCNC(=NCc1ccccc1-n1nc(C)cc1C)NCCCn1cc(C)cn1. The van der Waals surface area contributed by atoms with Crippen molar-refractivity contribution in [1.29, 1.82) is 0 Å². The van der Waals surface area contributed by atoms with Crippen LogP contribution in [-0.4, -0.2) is 38.6 Å². The van der Waals surface area contributed by atoms with Crippen molar-refractivity contribution in [3.63, 3.8) is 0 Å². The van der Waals surface area contributed by atoms with Crippen LogP contribution in [0, 0.1) is 20.8 Å². The highest BCUT2D eigenvalue weighted by Crippen LogP contribution is 2.17. The minimum atomic E-state index is 0.586. The number of hydrogen-bond donors (Lipinski definition) is 2. The van der Waals surface area contributed by atoms with Crippen LogP contribution in [0.4, 0.5) is 0 Å². The molecule has 3 rings (SSSR count). The number of nitrogens with one attached hydrogen (secondary N) is 2. The number of para-hydroxylation sites is 1. The van der Waals surface area contributed by atoms with Crippen molar-refractivity contribution in [3.05, 3.63) is 65.2 Å². The molecule has 0 spiro atoms. The topological polar surface area (TPSA) is 72.1 Å². The van der Waals surface area contributed by atoms with E-state index < -0.39 is 0 Å². The van der Waals surface area contributed by atoms with Gasteiger partial charge in [-0.25, -0.2) is 9.67 Å². The van der Waals surface area contributed by atoms with Crippen molar-refractivity contribution in [1.82, 2.24) is 30.2 Å². The molecule has 0 fully saturated rings. The van der Waals surface area contributed by atoms with Gasteiger partial charge >= 0.3 is 0 Å². The van der Waals surface area contributed by atoms with E-state index >= 15 is 0 Å². The molecule has 7 nitrogen and oxygen atoms in total. The molecule has 7 heteroatoms. The fourth-order valence-corrected chi connectivity index (χ4v) is 3.27. The van der Waals surface area contributed by atoms with E-state index in [1.807, 2.05) is 34.6 Å². The van der Waals surface area contributed by atoms with Crippen LogP contribution in [0.1, 0.15) is 35.9 Å². The van der Waals surface area contributed by atoms with Gasteiger partial charge in [0, 0.05) is 31.5 Å². The normalized spacial score (nSPS) is 11.7. The largest absolute Gasteiger partial charge is 0.357 e. The highest BCUT2D eigenvalue weighted by Gasteiger charge is 2.08. The molecule has 0 radical (unpaired) electrons. The van der Waals surface area contributed by atoms with Crippen LogP contribution < -0.4 is 10.6 Å². The van der Waals surface area contributed by atoms with E-state index in [4.69, 9.17) is 4.99 Å². The van der Waals surface area contributed by atoms with Gasteiger partial charge in [-0.15, -0.1) is 0 Å². The lowest BCUT2D eigenvalue weighted by Crippen LogP contribution is -2.38. The number of aromatic nitrogens is 4. The first-order chi connectivity index (χ1) is 14.1. The summed E-state index contributed by atoms with van der Waals surface area (Å²) in [5.41, 5.74) is 5.55. The maximum atomic E-state index is 4.79. The maximum Gasteiger partial charge on any atom is 0.191 e. The summed E-state index contributed by atoms with van der Waals surface area (Å²) in [7, 11) is 0. The average Bonchev–Trinajstić information content (AvgIpc) is 3.27. The van der Waals surface area contributed by atoms with Crippen molar-refractivity contribution >= 4 is 5.96 Å². The van der Waals surface area contributed by atoms with Crippen LogP contribution >= 0.6 is 0 Å². The van der Waals surface area contributed by atoms with E-state index in [0.717, 1.165) is 54.7 Å². The second kappa shape index (κ2) is 9.91. The fourth-order valence-electron chi connectivity index (χ4n) is 3.27. The summed E-state index contributed by atoms with van der Waals surface area (Å²) in [5.74, 6) is 0.826. The van der Waals surface area contributed by atoms with Gasteiger partial charge in [-0.2, -0.15) is 10.2 Å². The molecule has 0 bridgehead atoms. The van der Waals surface area contributed by atoms with Gasteiger partial charge in [0.2, 0.25) is 0 Å². The smallest absolute Gasteiger partial charge is 0.191 e. The zero-order valence-electron chi connectivity index (χ0n) is 17.8. The number of aliphatic imine (C=N–C) groups is 1. The van der Waals surface area contributed by atoms with Crippen LogP contribution in [0.5, 0.6) is 0 Å². The summed E-state index contributed by atoms with van der Waals surface area (Å²) >= 11 is 0. The van der Waals surface area contributed by atoms with Gasteiger partial charge in [-0.3, -0.25) is 4.68 Å². The number of nitrogens with zero attached hydrogens (tertiary/aromatic N) is 5. The molecule has 2 aromatic heterocycles. The summed E-state index contributed by atoms with van der Waals surface area (Å²) in [5, 5.41) is 15.7. The molecule has 3 aromatic rings. The van der Waals surface area contributed by atoms with Crippen molar-refractivity contribution < 1.29 is 0 Å². The number of hydrogen-bond acceptors (Lipinski definition) is 3. The fraction of sp³-hybridized carbons (Fsp3) is 0.409. The molecule has 29 heavy (non-hydrogen) atoms. The predicted molar refractivity (Wildman–Crippen MR) is 117 cm³/mol. The number of aryl methyl sites for hydroxylation is 4. The van der Waals surface area contributed by atoms with Crippen LogP contribution in [-0.2, 0) is 13.1 Å². The Balaban J connectivity index is 1.63. The second-order valence-corrected chi connectivity index (χ2v) is 7.22. The quantitative estimate of drug-likeness (QED) is 0.350. The van der Waals surface area contributed by atoms with Gasteiger partial charge in [-0.05, 0) is 57.4 Å². The Bertz CT molecular complexity index is 952. The van der Waals surface area contributed by atoms with Crippen molar-refractivity contribution in [2.24, 2.45) is 4.99 Å². The first-order valence-electron chi connectivity index (χ1n) is 10.2. The molecule has 2 N–H and O–H groups in total. The monoisotopic (exact) mass is 393 g/mol. The molecule has 2 heterocycles. The Morgan fingerprint density at radius 3 is 2.66 bits per heavy atom. The van der Waals surface area contributed by atoms with Crippen LogP contribution in [0.3, 0.4) is 0 Å². The molecular formula is C22H31N7. The van der Waals surface area contributed by atoms with Gasteiger partial charge in [0.05, 0.1) is 24.1 Å². The number of rotatable bonds is 8. The molecule has 154 valence electrons. The van der Waals surface area contributed by atoms with E-state index in [1.165, 1.54) is 5.56 Å². The van der Waals surface area contributed by atoms with Gasteiger partial charge in [-0.1, -0.05) is 18.2 Å². The first-order valence-corrected chi connectivity index (χ1v) is 10.2. The Hall–Kier alpha value is -3.09. The molecule has 1 aromatic carbocycles. The standard InChI is InChI=1S/C22H31N7/c1-5-23-22(24-11-8-12-28-16-17(2)14-26-28)25-15-20-9-6-7-10-21(20)29-19(4)13-18(3)27-29/h6-7,9-10,13-14,16H,5,8,11-12,15H2,1-4H3,(H2,23,24,25). The Kier molecular flexibility index (Phi) is 7.05. The van der Waals surface area contributed by atoms with Gasteiger partial charge in [0.15, 0.2) is 5.96 Å². The molecule has 0 amide bonds. The second-order valence-electron chi connectivity index (χ2n) is 7.22. The summed E-state index contributed by atoms with van der Waals surface area (Å²) in [4.78, 5) is 4.79. The molecule has 0 unspecified atom stereocenters. The minimum Gasteiger partial charge on any atom is -0.357 e. The average molecular weight is 394 g/mol. The molecule has 0 saturated heterocycles. The Morgan fingerprint density at radius 2 is 1.97 bits per heavy atom. The molecule has 0 aliphatic heterocycles. The van der Waals surface area contributed by atoms with E-state index in [9.17, 15) is 0 Å². The van der Waals surface area contributed by atoms with Crippen molar-refractivity contribution in [2.45, 2.75) is 47.2 Å². The summed E-state index contributed by atoms with van der Waals surface area (Å²) < 4.78 is 3.97. The van der Waals surface area contributed by atoms with E-state index in [0.29, 0.717) is 6.54 Å². The lowest BCUT2D eigenvalue weighted by molar-refractivity contribution is 0.570. The lowest BCUT2D eigenvalue weighted by atomic mass is 10.2. The highest BCUT2D eigenvalue weighted by molar-refractivity contribution is 5.79. The van der Waals surface area contributed by atoms with Crippen molar-refractivity contribution in [2.75, 3.05) is 13.1 Å². The number of guanidine groups is 1. The number of benzene rings is 1. The summed E-state index contributed by atoms with van der Waals surface area (Å²) in [6, 6.07) is 10.4. The zero-order chi connectivity index (χ0) is 20.6. The minimum absolute atomic E-state index is 0.586. The van der Waals surface area contributed by atoms with E-state index in [1.54, 1.807) is 0 Å². The van der Waals surface area contributed by atoms with Crippen LogP contribution in [0.2, 0.25) is 0 Å². The molecule has 0 atom stereocenters. The van der Waals surface area contributed by atoms with Gasteiger partial charge in [0.25, 0.3) is 0 Å². The maximum absolute atomic E-state index is 4.79. The third kappa shape index (κ3) is 5.70. The lowest BCUT2D eigenvalue weighted by Gasteiger charge is -2.13. The van der Waals surface area contributed by atoms with Crippen molar-refractivity contribution in [3.8, 4) is 5.69 Å². The van der Waals surface area contributed by atoms with E-state index in [-0.39, 0.29) is 0 Å². The van der Waals surface area contributed by atoms with E-state index in [2.05, 4.69) is 66.0 Å². The van der Waals surface area contributed by atoms with Gasteiger partial charge < -0.3 is 10.6 Å². The summed E-state index contributed by atoms with van der Waals surface area (Å²) in [6.07, 6.45) is 4.93. The molecule has 0 aliphatic carbocycles. The Morgan fingerprint density at radius 1 is 1.14 bits per heavy atom. The zero-order valence-corrected chi connectivity index (χ0v) is 17.8. The first kappa shape index (κ1) is 20.6. The van der Waals surface area contributed by atoms with Gasteiger partial charge in [0.1, 0.15) is 0 Å².